The normalized spacial score (nSPS) is 11.6. The van der Waals surface area contributed by atoms with Gasteiger partial charge in [0.25, 0.3) is 0 Å². The van der Waals surface area contributed by atoms with E-state index in [0.29, 0.717) is 0 Å². The van der Waals surface area contributed by atoms with Crippen LogP contribution in [-0.2, 0) is 11.2 Å². The van der Waals surface area contributed by atoms with E-state index in [2.05, 4.69) is 28.1 Å². The first-order valence-corrected chi connectivity index (χ1v) is 9.31. The Morgan fingerprint density at radius 1 is 1.00 bits per heavy atom. The second-order valence-electron chi connectivity index (χ2n) is 7.07. The molecular formula is C22H29N3O2. The lowest BCUT2D eigenvalue weighted by Crippen LogP contribution is -2.43. The van der Waals surface area contributed by atoms with E-state index >= 15 is 0 Å². The second-order valence-corrected chi connectivity index (χ2v) is 7.07. The molecule has 0 aliphatic rings. The summed E-state index contributed by atoms with van der Waals surface area (Å²) in [6, 6.07) is 13.9. The summed E-state index contributed by atoms with van der Waals surface area (Å²) < 4.78 is 0. The van der Waals surface area contributed by atoms with Crippen LogP contribution in [0.2, 0.25) is 0 Å². The van der Waals surface area contributed by atoms with Gasteiger partial charge in [-0.3, -0.25) is 4.79 Å². The van der Waals surface area contributed by atoms with Gasteiger partial charge in [0.05, 0.1) is 6.54 Å². The zero-order valence-electron chi connectivity index (χ0n) is 16.6. The van der Waals surface area contributed by atoms with Crippen molar-refractivity contribution in [2.75, 3.05) is 11.9 Å². The van der Waals surface area contributed by atoms with E-state index < -0.39 is 0 Å². The highest BCUT2D eigenvalue weighted by atomic mass is 16.2. The van der Waals surface area contributed by atoms with Gasteiger partial charge in [0, 0.05) is 11.7 Å². The maximum absolute atomic E-state index is 12.1. The number of amides is 3. The average Bonchev–Trinajstić information content (AvgIpc) is 2.62. The van der Waals surface area contributed by atoms with Crippen molar-refractivity contribution in [2.45, 2.75) is 46.6 Å². The largest absolute Gasteiger partial charge is 0.336 e. The molecule has 5 heteroatoms. The number of nitrogens with one attached hydrogen (secondary N) is 3. The Balaban J connectivity index is 1.74. The van der Waals surface area contributed by atoms with Crippen LogP contribution in [0.1, 0.15) is 35.6 Å². The van der Waals surface area contributed by atoms with Crippen LogP contribution in [0.4, 0.5) is 10.5 Å². The van der Waals surface area contributed by atoms with E-state index in [0.717, 1.165) is 35.2 Å². The number of carbonyl (C=O) groups excluding carboxylic acids is 2. The lowest BCUT2D eigenvalue weighted by atomic mass is 10.1. The van der Waals surface area contributed by atoms with Gasteiger partial charge < -0.3 is 16.0 Å². The summed E-state index contributed by atoms with van der Waals surface area (Å²) >= 11 is 0. The van der Waals surface area contributed by atoms with Crippen LogP contribution in [0.5, 0.6) is 0 Å². The SMILES string of the molecule is Cc1cc(C)c(NC(=O)CNC(=O)NC(C)CCc2ccccc2)c(C)c1. The minimum Gasteiger partial charge on any atom is -0.336 e. The van der Waals surface area contributed by atoms with Crippen molar-refractivity contribution in [3.8, 4) is 0 Å². The molecule has 3 amide bonds. The topological polar surface area (TPSA) is 70.2 Å². The van der Waals surface area contributed by atoms with Crippen molar-refractivity contribution in [2.24, 2.45) is 0 Å². The number of hydrogen-bond donors (Lipinski definition) is 3. The van der Waals surface area contributed by atoms with Gasteiger partial charge in [0.1, 0.15) is 0 Å². The van der Waals surface area contributed by atoms with Gasteiger partial charge in [-0.1, -0.05) is 48.0 Å². The van der Waals surface area contributed by atoms with Crippen molar-refractivity contribution in [1.29, 1.82) is 0 Å². The third-order valence-corrected chi connectivity index (χ3v) is 4.44. The third-order valence-electron chi connectivity index (χ3n) is 4.44. The first-order valence-electron chi connectivity index (χ1n) is 9.31. The highest BCUT2D eigenvalue weighted by molar-refractivity contribution is 5.95. The van der Waals surface area contributed by atoms with E-state index in [9.17, 15) is 9.59 Å². The van der Waals surface area contributed by atoms with Gasteiger partial charge in [-0.05, 0) is 57.2 Å². The molecule has 1 unspecified atom stereocenters. The Morgan fingerprint density at radius 3 is 2.26 bits per heavy atom. The van der Waals surface area contributed by atoms with Gasteiger partial charge in [-0.25, -0.2) is 4.79 Å². The number of rotatable bonds is 7. The average molecular weight is 367 g/mol. The van der Waals surface area contributed by atoms with E-state index in [4.69, 9.17) is 0 Å². The highest BCUT2D eigenvalue weighted by Gasteiger charge is 2.11. The number of hydrogen-bond acceptors (Lipinski definition) is 2. The fraction of sp³-hybridized carbons (Fsp3) is 0.364. The molecular weight excluding hydrogens is 338 g/mol. The first kappa shape index (κ1) is 20.5. The molecule has 0 aliphatic heterocycles. The van der Waals surface area contributed by atoms with Gasteiger partial charge in [-0.2, -0.15) is 0 Å². The summed E-state index contributed by atoms with van der Waals surface area (Å²) in [7, 11) is 0. The molecule has 0 bridgehead atoms. The van der Waals surface area contributed by atoms with Crippen LogP contribution >= 0.6 is 0 Å². The van der Waals surface area contributed by atoms with Crippen LogP contribution < -0.4 is 16.0 Å². The molecule has 0 saturated heterocycles. The Labute approximate surface area is 161 Å². The van der Waals surface area contributed by atoms with Crippen LogP contribution in [0.3, 0.4) is 0 Å². The van der Waals surface area contributed by atoms with Gasteiger partial charge in [0.15, 0.2) is 0 Å². The second kappa shape index (κ2) is 9.76. The smallest absolute Gasteiger partial charge is 0.315 e. The highest BCUT2D eigenvalue weighted by Crippen LogP contribution is 2.21. The molecule has 2 rings (SSSR count). The summed E-state index contributed by atoms with van der Waals surface area (Å²) in [5.74, 6) is -0.239. The monoisotopic (exact) mass is 367 g/mol. The summed E-state index contributed by atoms with van der Waals surface area (Å²) in [6.07, 6.45) is 1.74. The van der Waals surface area contributed by atoms with Crippen LogP contribution in [-0.4, -0.2) is 24.5 Å². The fourth-order valence-electron chi connectivity index (χ4n) is 3.10. The molecule has 0 spiro atoms. The molecule has 0 heterocycles. The molecule has 1 atom stereocenters. The summed E-state index contributed by atoms with van der Waals surface area (Å²) in [5.41, 5.74) is 5.24. The van der Waals surface area contributed by atoms with Crippen molar-refractivity contribution >= 4 is 17.6 Å². The number of carbonyl (C=O) groups is 2. The summed E-state index contributed by atoms with van der Waals surface area (Å²) in [5, 5.41) is 8.37. The minimum atomic E-state index is -0.330. The van der Waals surface area contributed by atoms with Gasteiger partial charge in [0.2, 0.25) is 5.91 Å². The minimum absolute atomic E-state index is 0.0230. The molecule has 144 valence electrons. The van der Waals surface area contributed by atoms with Crippen molar-refractivity contribution < 1.29 is 9.59 Å². The molecule has 0 saturated carbocycles. The van der Waals surface area contributed by atoms with E-state index in [1.807, 2.05) is 58.0 Å². The zero-order valence-corrected chi connectivity index (χ0v) is 16.6. The van der Waals surface area contributed by atoms with Crippen molar-refractivity contribution in [1.82, 2.24) is 10.6 Å². The van der Waals surface area contributed by atoms with Crippen LogP contribution in [0, 0.1) is 20.8 Å². The Bertz CT molecular complexity index is 764. The quantitative estimate of drug-likeness (QED) is 0.695. The Hall–Kier alpha value is -2.82. The molecule has 0 fully saturated rings. The molecule has 5 nitrogen and oxygen atoms in total. The maximum atomic E-state index is 12.1. The predicted octanol–water partition coefficient (Wildman–Crippen LogP) is 3.87. The maximum Gasteiger partial charge on any atom is 0.315 e. The van der Waals surface area contributed by atoms with Crippen LogP contribution in [0.25, 0.3) is 0 Å². The number of aryl methyl sites for hydroxylation is 4. The van der Waals surface area contributed by atoms with E-state index in [-0.39, 0.29) is 24.5 Å². The Morgan fingerprint density at radius 2 is 1.63 bits per heavy atom. The summed E-state index contributed by atoms with van der Waals surface area (Å²) in [4.78, 5) is 24.1. The van der Waals surface area contributed by atoms with Gasteiger partial charge in [-0.15, -0.1) is 0 Å². The van der Waals surface area contributed by atoms with E-state index in [1.165, 1.54) is 5.56 Å². The number of benzene rings is 2. The lowest BCUT2D eigenvalue weighted by molar-refractivity contribution is -0.115. The standard InChI is InChI=1S/C22H29N3O2/c1-15-12-16(2)21(17(3)13-15)25-20(26)14-23-22(27)24-18(4)10-11-19-8-6-5-7-9-19/h5-9,12-13,18H,10-11,14H2,1-4H3,(H,25,26)(H2,23,24,27). The Kier molecular flexibility index (Phi) is 7.41. The van der Waals surface area contributed by atoms with Crippen molar-refractivity contribution in [3.05, 3.63) is 64.7 Å². The first-order chi connectivity index (χ1) is 12.8. The van der Waals surface area contributed by atoms with Gasteiger partial charge >= 0.3 is 6.03 Å². The zero-order chi connectivity index (χ0) is 19.8. The fourth-order valence-corrected chi connectivity index (χ4v) is 3.10. The molecule has 0 radical (unpaired) electrons. The molecule has 0 aliphatic carbocycles. The van der Waals surface area contributed by atoms with Crippen LogP contribution in [0.15, 0.2) is 42.5 Å². The molecule has 2 aromatic carbocycles. The predicted molar refractivity (Wildman–Crippen MR) is 110 cm³/mol. The number of anilines is 1. The molecule has 2 aromatic rings. The third kappa shape index (κ3) is 6.77. The van der Waals surface area contributed by atoms with E-state index in [1.54, 1.807) is 0 Å². The lowest BCUT2D eigenvalue weighted by Gasteiger charge is -2.16. The summed E-state index contributed by atoms with van der Waals surface area (Å²) in [6.45, 7) is 7.84. The molecule has 27 heavy (non-hydrogen) atoms. The number of urea groups is 1. The van der Waals surface area contributed by atoms with Crippen molar-refractivity contribution in [3.63, 3.8) is 0 Å². The molecule has 0 aromatic heterocycles. The molecule has 3 N–H and O–H groups in total.